The van der Waals surface area contributed by atoms with E-state index in [1.54, 1.807) is 0 Å². The number of benzene rings is 2. The number of nitrogens with zero attached hydrogens (tertiary/aromatic N) is 2. The van der Waals surface area contributed by atoms with E-state index in [0.29, 0.717) is 0 Å². The molecule has 2 aromatic carbocycles. The second-order valence-electron chi connectivity index (χ2n) is 10.7. The fourth-order valence-electron chi connectivity index (χ4n) is 5.92. The fraction of sp³-hybridized carbons (Fsp3) is 0.452. The summed E-state index contributed by atoms with van der Waals surface area (Å²) in [5, 5.41) is 6.39. The molecule has 4 aromatic rings. The molecule has 0 saturated heterocycles. The first kappa shape index (κ1) is 23.4. The monoisotopic (exact) mass is 470 g/mol. The normalized spacial score (nSPS) is 14.1. The van der Waals surface area contributed by atoms with Gasteiger partial charge in [-0.05, 0) is 60.6 Å². The van der Waals surface area contributed by atoms with Crippen molar-refractivity contribution in [3.8, 4) is 21.6 Å². The predicted octanol–water partition coefficient (Wildman–Crippen LogP) is 9.13. The molecule has 2 heterocycles. The smallest absolute Gasteiger partial charge is 0.0824 e. The molecule has 0 amide bonds. The lowest BCUT2D eigenvalue weighted by Gasteiger charge is -2.22. The van der Waals surface area contributed by atoms with E-state index in [2.05, 4.69) is 82.7 Å². The third-order valence-corrected chi connectivity index (χ3v) is 8.94. The average Bonchev–Trinajstić information content (AvgIpc) is 3.40. The molecule has 0 radical (unpaired) electrons. The van der Waals surface area contributed by atoms with Crippen LogP contribution in [0.25, 0.3) is 32.5 Å². The zero-order valence-corrected chi connectivity index (χ0v) is 22.5. The lowest BCUT2D eigenvalue weighted by molar-refractivity contribution is 0.602. The van der Waals surface area contributed by atoms with Gasteiger partial charge >= 0.3 is 0 Å². The van der Waals surface area contributed by atoms with Crippen LogP contribution in [0.1, 0.15) is 86.6 Å². The molecule has 34 heavy (non-hydrogen) atoms. The van der Waals surface area contributed by atoms with Crippen LogP contribution in [0.5, 0.6) is 0 Å². The Balaban J connectivity index is 1.52. The first-order valence-electron chi connectivity index (χ1n) is 13.0. The number of aromatic nitrogens is 2. The van der Waals surface area contributed by atoms with Crippen molar-refractivity contribution in [2.75, 3.05) is 0 Å². The Hall–Kier alpha value is -2.39. The van der Waals surface area contributed by atoms with Gasteiger partial charge in [0.25, 0.3) is 0 Å². The maximum absolute atomic E-state index is 5.00. The maximum Gasteiger partial charge on any atom is 0.0824 e. The number of hydrogen-bond acceptors (Lipinski definition) is 2. The summed E-state index contributed by atoms with van der Waals surface area (Å²) < 4.78 is 2.12. The van der Waals surface area contributed by atoms with E-state index in [9.17, 15) is 0 Å². The second-order valence-corrected chi connectivity index (χ2v) is 12.0. The topological polar surface area (TPSA) is 17.8 Å². The largest absolute Gasteiger partial charge is 0.267 e. The molecular formula is C31H38N2S. The van der Waals surface area contributed by atoms with Crippen LogP contribution in [-0.4, -0.2) is 9.78 Å². The highest BCUT2D eigenvalue weighted by molar-refractivity contribution is 7.17. The van der Waals surface area contributed by atoms with Crippen LogP contribution in [0.15, 0.2) is 36.4 Å². The molecule has 1 aliphatic carbocycles. The summed E-state index contributed by atoms with van der Waals surface area (Å²) in [5.41, 5.74) is 11.0. The van der Waals surface area contributed by atoms with Gasteiger partial charge in [-0.15, -0.1) is 11.3 Å². The van der Waals surface area contributed by atoms with Crippen LogP contribution < -0.4 is 0 Å². The minimum atomic E-state index is 0.0222. The van der Waals surface area contributed by atoms with Crippen molar-refractivity contribution in [2.24, 2.45) is 7.05 Å². The van der Waals surface area contributed by atoms with Crippen molar-refractivity contribution in [3.05, 3.63) is 63.7 Å². The Bertz CT molecular complexity index is 1350. The lowest BCUT2D eigenvalue weighted by atomic mass is 9.81. The highest BCUT2D eigenvalue weighted by Crippen LogP contribution is 2.51. The maximum atomic E-state index is 5.00. The number of rotatable bonds is 8. The Morgan fingerprint density at radius 1 is 0.882 bits per heavy atom. The van der Waals surface area contributed by atoms with Gasteiger partial charge in [0, 0.05) is 27.6 Å². The summed E-state index contributed by atoms with van der Waals surface area (Å²) in [6.45, 7) is 11.5. The first-order chi connectivity index (χ1) is 16.3. The quantitative estimate of drug-likeness (QED) is 0.235. The summed E-state index contributed by atoms with van der Waals surface area (Å²) in [6, 6.07) is 14.1. The van der Waals surface area contributed by atoms with Crippen molar-refractivity contribution in [1.82, 2.24) is 9.78 Å². The van der Waals surface area contributed by atoms with E-state index < -0.39 is 0 Å². The summed E-state index contributed by atoms with van der Waals surface area (Å²) >= 11 is 1.94. The fourth-order valence-corrected chi connectivity index (χ4v) is 7.12. The highest BCUT2D eigenvalue weighted by Gasteiger charge is 2.36. The minimum Gasteiger partial charge on any atom is -0.267 e. The molecule has 178 valence electrons. The minimum absolute atomic E-state index is 0.0222. The van der Waals surface area contributed by atoms with Crippen molar-refractivity contribution in [1.29, 1.82) is 0 Å². The molecular weight excluding hydrogens is 432 g/mol. The zero-order chi connectivity index (χ0) is 24.0. The Labute approximate surface area is 209 Å². The van der Waals surface area contributed by atoms with Gasteiger partial charge in [-0.1, -0.05) is 88.8 Å². The van der Waals surface area contributed by atoms with Crippen LogP contribution in [0.2, 0.25) is 0 Å². The van der Waals surface area contributed by atoms with E-state index in [4.69, 9.17) is 5.10 Å². The standard InChI is InChI=1S/C31H38N2S/c1-7-8-9-10-11-12-13-27-28-29(33(6)32-27)21(3)34-30(28)22-15-17-24-23-16-14-20(2)18-25(23)31(4,5)26(24)19-22/h14-19H,7-13H2,1-6H3. The van der Waals surface area contributed by atoms with Crippen molar-refractivity contribution in [2.45, 2.75) is 85.0 Å². The van der Waals surface area contributed by atoms with Gasteiger partial charge in [-0.3, -0.25) is 4.68 Å². The van der Waals surface area contributed by atoms with Crippen LogP contribution in [0, 0.1) is 13.8 Å². The second kappa shape index (κ2) is 9.00. The van der Waals surface area contributed by atoms with Crippen LogP contribution in [0.3, 0.4) is 0 Å². The molecule has 2 nitrogen and oxygen atoms in total. The summed E-state index contributed by atoms with van der Waals surface area (Å²) in [7, 11) is 2.11. The highest BCUT2D eigenvalue weighted by atomic mass is 32.1. The molecule has 0 spiro atoms. The van der Waals surface area contributed by atoms with Gasteiger partial charge in [0.15, 0.2) is 0 Å². The van der Waals surface area contributed by atoms with Crippen molar-refractivity contribution >= 4 is 22.2 Å². The molecule has 0 unspecified atom stereocenters. The third kappa shape index (κ3) is 3.82. The van der Waals surface area contributed by atoms with E-state index in [1.165, 1.54) is 98.3 Å². The molecule has 2 aromatic heterocycles. The van der Waals surface area contributed by atoms with Gasteiger partial charge in [0.05, 0.1) is 11.2 Å². The SMILES string of the molecule is CCCCCCCCc1nn(C)c2c(C)sc(-c3ccc4c(c3)C(C)(C)c3cc(C)ccc3-4)c12. The molecule has 1 aliphatic rings. The van der Waals surface area contributed by atoms with E-state index >= 15 is 0 Å². The van der Waals surface area contributed by atoms with E-state index in [0.717, 1.165) is 6.42 Å². The third-order valence-electron chi connectivity index (χ3n) is 7.80. The van der Waals surface area contributed by atoms with Crippen LogP contribution >= 0.6 is 11.3 Å². The number of unbranched alkanes of at least 4 members (excludes halogenated alkanes) is 5. The summed E-state index contributed by atoms with van der Waals surface area (Å²) in [4.78, 5) is 2.76. The average molecular weight is 471 g/mol. The Morgan fingerprint density at radius 2 is 1.56 bits per heavy atom. The summed E-state index contributed by atoms with van der Waals surface area (Å²) in [6.07, 6.45) is 8.99. The summed E-state index contributed by atoms with van der Waals surface area (Å²) in [5.74, 6) is 0. The lowest BCUT2D eigenvalue weighted by Crippen LogP contribution is -2.15. The predicted molar refractivity (Wildman–Crippen MR) is 148 cm³/mol. The number of fused-ring (bicyclic) bond motifs is 4. The number of aryl methyl sites for hydroxylation is 4. The van der Waals surface area contributed by atoms with Gasteiger partial charge in [0.1, 0.15) is 0 Å². The molecule has 5 rings (SSSR count). The van der Waals surface area contributed by atoms with E-state index in [1.807, 2.05) is 11.3 Å². The first-order valence-corrected chi connectivity index (χ1v) is 13.9. The van der Waals surface area contributed by atoms with Crippen LogP contribution in [-0.2, 0) is 18.9 Å². The molecule has 0 N–H and O–H groups in total. The number of hydrogen-bond donors (Lipinski definition) is 0. The van der Waals surface area contributed by atoms with Gasteiger partial charge in [-0.25, -0.2) is 0 Å². The molecule has 0 atom stereocenters. The molecule has 3 heteroatoms. The van der Waals surface area contributed by atoms with Gasteiger partial charge in [-0.2, -0.15) is 5.10 Å². The Morgan fingerprint density at radius 3 is 2.32 bits per heavy atom. The molecule has 0 fully saturated rings. The number of thiophene rings is 1. The van der Waals surface area contributed by atoms with Crippen molar-refractivity contribution < 1.29 is 0 Å². The Kier molecular flexibility index (Phi) is 6.18. The molecule has 0 bridgehead atoms. The zero-order valence-electron chi connectivity index (χ0n) is 21.7. The van der Waals surface area contributed by atoms with Gasteiger partial charge in [0.2, 0.25) is 0 Å². The van der Waals surface area contributed by atoms with Crippen LogP contribution in [0.4, 0.5) is 0 Å². The van der Waals surface area contributed by atoms with Gasteiger partial charge < -0.3 is 0 Å². The molecule has 0 aliphatic heterocycles. The van der Waals surface area contributed by atoms with E-state index in [-0.39, 0.29) is 5.41 Å². The molecule has 0 saturated carbocycles. The van der Waals surface area contributed by atoms with Crippen molar-refractivity contribution in [3.63, 3.8) is 0 Å².